The zero-order chi connectivity index (χ0) is 16.9. The molecule has 1 aromatic heterocycles. The first-order valence-electron chi connectivity index (χ1n) is 7.94. The number of aryl methyl sites for hydroxylation is 1. The van der Waals surface area contributed by atoms with Gasteiger partial charge in [-0.1, -0.05) is 0 Å². The van der Waals surface area contributed by atoms with Gasteiger partial charge >= 0.3 is 0 Å². The van der Waals surface area contributed by atoms with Gasteiger partial charge in [0.15, 0.2) is 0 Å². The van der Waals surface area contributed by atoms with Crippen molar-refractivity contribution in [2.75, 3.05) is 32.8 Å². The molecule has 9 heteroatoms. The van der Waals surface area contributed by atoms with Crippen LogP contribution in [0.2, 0.25) is 0 Å². The lowest BCUT2D eigenvalue weighted by Gasteiger charge is -2.35. The third-order valence-electron chi connectivity index (χ3n) is 4.21. The zero-order valence-electron chi connectivity index (χ0n) is 14.0. The smallest absolute Gasteiger partial charge is 0.269 e. The van der Waals surface area contributed by atoms with Crippen LogP contribution in [0, 0.1) is 10.1 Å². The molecule has 1 aromatic carbocycles. The predicted octanol–water partition coefficient (Wildman–Crippen LogP) is 1.78. The highest BCUT2D eigenvalue weighted by Crippen LogP contribution is 2.21. The standard InChI is InChI=1S/C16H21N5O3.ClH/c1-19-8-7-18-16(19)15-12-17-6-9-20(15)10-11-24-14-4-2-13(3-5-14)21(22)23;/h2-5,7-8,15,17H,6,9-12H2,1H3;1H. The average molecular weight is 368 g/mol. The maximum absolute atomic E-state index is 10.7. The van der Waals surface area contributed by atoms with E-state index in [2.05, 4.69) is 15.2 Å². The van der Waals surface area contributed by atoms with Gasteiger partial charge in [0.25, 0.3) is 5.69 Å². The van der Waals surface area contributed by atoms with Gasteiger partial charge in [0.2, 0.25) is 0 Å². The van der Waals surface area contributed by atoms with Crippen LogP contribution in [0.4, 0.5) is 5.69 Å². The van der Waals surface area contributed by atoms with Crippen LogP contribution in [0.15, 0.2) is 36.7 Å². The third-order valence-corrected chi connectivity index (χ3v) is 4.21. The maximum Gasteiger partial charge on any atom is 0.269 e. The number of aromatic nitrogens is 2. The molecular formula is C16H22ClN5O3. The number of halogens is 1. The summed E-state index contributed by atoms with van der Waals surface area (Å²) in [6.07, 6.45) is 3.77. The fourth-order valence-electron chi connectivity index (χ4n) is 2.91. The van der Waals surface area contributed by atoms with Crippen LogP contribution in [0.1, 0.15) is 11.9 Å². The van der Waals surface area contributed by atoms with Crippen molar-refractivity contribution in [3.63, 3.8) is 0 Å². The van der Waals surface area contributed by atoms with E-state index < -0.39 is 4.92 Å². The minimum absolute atomic E-state index is 0. The van der Waals surface area contributed by atoms with Crippen LogP contribution in [0.3, 0.4) is 0 Å². The first-order valence-corrected chi connectivity index (χ1v) is 7.94. The van der Waals surface area contributed by atoms with E-state index in [0.29, 0.717) is 12.4 Å². The number of rotatable bonds is 6. The maximum atomic E-state index is 10.7. The quantitative estimate of drug-likeness (QED) is 0.618. The predicted molar refractivity (Wildman–Crippen MR) is 96.2 cm³/mol. The summed E-state index contributed by atoms with van der Waals surface area (Å²) in [5, 5.41) is 14.1. The lowest BCUT2D eigenvalue weighted by atomic mass is 10.2. The summed E-state index contributed by atoms with van der Waals surface area (Å²) in [5.74, 6) is 1.68. The summed E-state index contributed by atoms with van der Waals surface area (Å²) in [6, 6.07) is 6.39. The summed E-state index contributed by atoms with van der Waals surface area (Å²) in [7, 11) is 2.00. The van der Waals surface area contributed by atoms with Crippen molar-refractivity contribution in [1.29, 1.82) is 0 Å². The Morgan fingerprint density at radius 3 is 2.80 bits per heavy atom. The molecule has 2 heterocycles. The molecule has 1 unspecified atom stereocenters. The number of nitrogens with one attached hydrogen (secondary N) is 1. The van der Waals surface area contributed by atoms with E-state index in [4.69, 9.17) is 4.74 Å². The highest BCUT2D eigenvalue weighted by molar-refractivity contribution is 5.85. The van der Waals surface area contributed by atoms with Crippen molar-refractivity contribution in [3.8, 4) is 5.75 Å². The van der Waals surface area contributed by atoms with Gasteiger partial charge in [-0.15, -0.1) is 12.4 Å². The first-order chi connectivity index (χ1) is 11.6. The third kappa shape index (κ3) is 4.68. The summed E-state index contributed by atoms with van der Waals surface area (Å²) in [4.78, 5) is 17.0. The Kier molecular flexibility index (Phi) is 6.74. The Bertz CT molecular complexity index is 691. The lowest BCUT2D eigenvalue weighted by molar-refractivity contribution is -0.384. The minimum Gasteiger partial charge on any atom is -0.492 e. The van der Waals surface area contributed by atoms with Crippen LogP contribution in [0.5, 0.6) is 5.75 Å². The largest absolute Gasteiger partial charge is 0.492 e. The molecule has 0 bridgehead atoms. The van der Waals surface area contributed by atoms with Crippen LogP contribution in [0.25, 0.3) is 0 Å². The summed E-state index contributed by atoms with van der Waals surface area (Å²) in [5.41, 5.74) is 0.0688. The van der Waals surface area contributed by atoms with E-state index in [-0.39, 0.29) is 24.1 Å². The molecule has 8 nitrogen and oxygen atoms in total. The Morgan fingerprint density at radius 1 is 1.40 bits per heavy atom. The van der Waals surface area contributed by atoms with E-state index in [0.717, 1.165) is 32.0 Å². The van der Waals surface area contributed by atoms with Crippen molar-refractivity contribution in [3.05, 3.63) is 52.6 Å². The van der Waals surface area contributed by atoms with Gasteiger partial charge in [0.05, 0.1) is 11.0 Å². The number of imidazole rings is 1. The molecule has 0 radical (unpaired) electrons. The first kappa shape index (κ1) is 19.2. The molecule has 1 aliphatic heterocycles. The number of nitro benzene ring substituents is 1. The van der Waals surface area contributed by atoms with Gasteiger partial charge in [0.1, 0.15) is 18.2 Å². The molecule has 0 spiro atoms. The zero-order valence-corrected chi connectivity index (χ0v) is 14.8. The molecule has 1 aliphatic rings. The van der Waals surface area contributed by atoms with Gasteiger partial charge in [-0.2, -0.15) is 0 Å². The number of non-ortho nitro benzene ring substituents is 1. The van der Waals surface area contributed by atoms with Crippen LogP contribution < -0.4 is 10.1 Å². The normalized spacial score (nSPS) is 17.7. The van der Waals surface area contributed by atoms with Gasteiger partial charge < -0.3 is 14.6 Å². The number of nitro groups is 1. The van der Waals surface area contributed by atoms with Gasteiger partial charge in [-0.3, -0.25) is 15.0 Å². The van der Waals surface area contributed by atoms with Crippen LogP contribution >= 0.6 is 12.4 Å². The Labute approximate surface area is 152 Å². The molecule has 0 amide bonds. The summed E-state index contributed by atoms with van der Waals surface area (Å²) < 4.78 is 7.77. The van der Waals surface area contributed by atoms with Crippen molar-refractivity contribution in [2.24, 2.45) is 7.05 Å². The van der Waals surface area contributed by atoms with Gasteiger partial charge in [-0.05, 0) is 12.1 Å². The van der Waals surface area contributed by atoms with E-state index in [1.165, 1.54) is 12.1 Å². The van der Waals surface area contributed by atoms with E-state index >= 15 is 0 Å². The molecule has 0 saturated carbocycles. The molecule has 136 valence electrons. The number of hydrogen-bond acceptors (Lipinski definition) is 6. The number of ether oxygens (including phenoxy) is 1. The van der Waals surface area contributed by atoms with E-state index in [9.17, 15) is 10.1 Å². The topological polar surface area (TPSA) is 85.5 Å². The fourth-order valence-corrected chi connectivity index (χ4v) is 2.91. The second kappa shape index (κ2) is 8.80. The molecule has 1 N–H and O–H groups in total. The van der Waals surface area contributed by atoms with Crippen molar-refractivity contribution in [1.82, 2.24) is 19.8 Å². The van der Waals surface area contributed by atoms with Crippen molar-refractivity contribution < 1.29 is 9.66 Å². The SMILES string of the molecule is Cl.Cn1ccnc1C1CNCCN1CCOc1ccc([N+](=O)[O-])cc1. The number of hydrogen-bond donors (Lipinski definition) is 1. The van der Waals surface area contributed by atoms with E-state index in [1.807, 2.05) is 24.0 Å². The van der Waals surface area contributed by atoms with Gasteiger partial charge in [-0.25, -0.2) is 4.98 Å². The van der Waals surface area contributed by atoms with Crippen LogP contribution in [-0.4, -0.2) is 52.2 Å². The van der Waals surface area contributed by atoms with Crippen molar-refractivity contribution >= 4 is 18.1 Å². The second-order valence-corrected chi connectivity index (χ2v) is 5.75. The molecule has 0 aliphatic carbocycles. The number of nitrogens with zero attached hydrogens (tertiary/aromatic N) is 4. The molecule has 3 rings (SSSR count). The Hall–Kier alpha value is -2.16. The van der Waals surface area contributed by atoms with Crippen LogP contribution in [-0.2, 0) is 7.05 Å². The monoisotopic (exact) mass is 367 g/mol. The average Bonchev–Trinajstić information content (AvgIpc) is 3.02. The molecule has 2 aromatic rings. The van der Waals surface area contributed by atoms with E-state index in [1.54, 1.807) is 12.1 Å². The molecule has 25 heavy (non-hydrogen) atoms. The Balaban J connectivity index is 0.00000225. The summed E-state index contributed by atoms with van der Waals surface area (Å²) >= 11 is 0. The molecule has 1 saturated heterocycles. The molecular weight excluding hydrogens is 346 g/mol. The van der Waals surface area contributed by atoms with Crippen molar-refractivity contribution in [2.45, 2.75) is 6.04 Å². The molecule has 1 fully saturated rings. The number of benzene rings is 1. The lowest BCUT2D eigenvalue weighted by Crippen LogP contribution is -2.48. The number of piperazine rings is 1. The highest BCUT2D eigenvalue weighted by Gasteiger charge is 2.26. The fraction of sp³-hybridized carbons (Fsp3) is 0.438. The Morgan fingerprint density at radius 2 is 2.16 bits per heavy atom. The summed E-state index contributed by atoms with van der Waals surface area (Å²) in [6.45, 7) is 4.04. The second-order valence-electron chi connectivity index (χ2n) is 5.75. The molecule has 1 atom stereocenters. The highest BCUT2D eigenvalue weighted by atomic mass is 35.5. The van der Waals surface area contributed by atoms with Gasteiger partial charge in [0, 0.05) is 57.8 Å². The minimum atomic E-state index is -0.415.